The minimum Gasteiger partial charge on any atom is -0.469 e. The Hall–Kier alpha value is -2.31. The number of esters is 1. The van der Waals surface area contributed by atoms with Crippen LogP contribution in [0.4, 0.5) is 0 Å². The maximum atomic E-state index is 11.8. The second kappa shape index (κ2) is 7.11. The molecule has 0 spiro atoms. The van der Waals surface area contributed by atoms with Gasteiger partial charge in [-0.1, -0.05) is 0 Å². The summed E-state index contributed by atoms with van der Waals surface area (Å²) < 4.78 is 9.90. The average Bonchev–Trinajstić information content (AvgIpc) is 2.79. The molecule has 2 amide bonds. The fraction of sp³-hybridized carbons (Fsp3) is 0.533. The molecular weight excluding hydrogens is 288 g/mol. The van der Waals surface area contributed by atoms with Gasteiger partial charge < -0.3 is 19.4 Å². The third-order valence-electron chi connectivity index (χ3n) is 2.73. The van der Waals surface area contributed by atoms with Crippen molar-refractivity contribution < 1.29 is 23.5 Å². The standard InChI is InChI=1S/C15H22N2O5/c1-10-11(6-7-21-10)14(20)22-9-13(19)17(5)8-12(18)16-15(2,3)4/h6-7H,8-9H2,1-5H3,(H,16,18). The number of likely N-dealkylation sites (N-methyl/N-ethyl adjacent to an activating group) is 1. The SMILES string of the molecule is Cc1occc1C(=O)OCC(=O)N(C)CC(=O)NC(C)(C)C. The van der Waals surface area contributed by atoms with Crippen molar-refractivity contribution in [3.63, 3.8) is 0 Å². The summed E-state index contributed by atoms with van der Waals surface area (Å²) in [6.07, 6.45) is 1.37. The van der Waals surface area contributed by atoms with Crippen LogP contribution in [0.15, 0.2) is 16.7 Å². The number of aryl methyl sites for hydroxylation is 1. The molecule has 0 saturated carbocycles. The summed E-state index contributed by atoms with van der Waals surface area (Å²) >= 11 is 0. The molecule has 0 atom stereocenters. The van der Waals surface area contributed by atoms with Gasteiger partial charge in [0.25, 0.3) is 5.91 Å². The molecule has 22 heavy (non-hydrogen) atoms. The van der Waals surface area contributed by atoms with E-state index in [9.17, 15) is 14.4 Å². The molecule has 0 aromatic carbocycles. The van der Waals surface area contributed by atoms with E-state index in [1.807, 2.05) is 20.8 Å². The molecule has 1 N–H and O–H groups in total. The zero-order chi connectivity index (χ0) is 16.9. The molecule has 0 aliphatic carbocycles. The molecule has 7 heteroatoms. The van der Waals surface area contributed by atoms with E-state index in [1.54, 1.807) is 6.92 Å². The molecular formula is C15H22N2O5. The van der Waals surface area contributed by atoms with Gasteiger partial charge in [-0.25, -0.2) is 4.79 Å². The van der Waals surface area contributed by atoms with Gasteiger partial charge in [0, 0.05) is 12.6 Å². The van der Waals surface area contributed by atoms with E-state index < -0.39 is 18.5 Å². The fourth-order valence-electron chi connectivity index (χ4n) is 1.67. The molecule has 0 saturated heterocycles. The molecule has 1 aromatic heterocycles. The highest BCUT2D eigenvalue weighted by Gasteiger charge is 2.20. The lowest BCUT2D eigenvalue weighted by Gasteiger charge is -2.23. The number of nitrogens with zero attached hydrogens (tertiary/aromatic N) is 1. The minimum absolute atomic E-state index is 0.0988. The zero-order valence-electron chi connectivity index (χ0n) is 13.6. The quantitative estimate of drug-likeness (QED) is 0.823. The Labute approximate surface area is 129 Å². The molecule has 1 aromatic rings. The van der Waals surface area contributed by atoms with Crippen LogP contribution in [0.25, 0.3) is 0 Å². The molecule has 0 aliphatic rings. The summed E-state index contributed by atoms with van der Waals surface area (Å²) in [5, 5.41) is 2.75. The number of nitrogens with one attached hydrogen (secondary N) is 1. The highest BCUT2D eigenvalue weighted by atomic mass is 16.5. The van der Waals surface area contributed by atoms with Crippen LogP contribution in [-0.2, 0) is 14.3 Å². The Bertz CT molecular complexity index is 557. The predicted octanol–water partition coefficient (Wildman–Crippen LogP) is 1.12. The molecule has 0 unspecified atom stereocenters. The van der Waals surface area contributed by atoms with Crippen LogP contribution in [0.2, 0.25) is 0 Å². The summed E-state index contributed by atoms with van der Waals surface area (Å²) in [4.78, 5) is 36.5. The molecule has 1 heterocycles. The Balaban J connectivity index is 2.43. The highest BCUT2D eigenvalue weighted by Crippen LogP contribution is 2.10. The minimum atomic E-state index is -0.632. The summed E-state index contributed by atoms with van der Waals surface area (Å²) in [5.74, 6) is -0.943. The number of hydrogen-bond acceptors (Lipinski definition) is 5. The zero-order valence-corrected chi connectivity index (χ0v) is 13.6. The predicted molar refractivity (Wildman–Crippen MR) is 79.3 cm³/mol. The summed E-state index contributed by atoms with van der Waals surface area (Å²) in [5.41, 5.74) is -0.0902. The number of carbonyl (C=O) groups excluding carboxylic acids is 3. The monoisotopic (exact) mass is 310 g/mol. The molecule has 0 bridgehead atoms. The molecule has 0 aliphatic heterocycles. The maximum absolute atomic E-state index is 11.8. The summed E-state index contributed by atoms with van der Waals surface area (Å²) in [6, 6.07) is 1.47. The van der Waals surface area contributed by atoms with Crippen LogP contribution >= 0.6 is 0 Å². The fourth-order valence-corrected chi connectivity index (χ4v) is 1.67. The van der Waals surface area contributed by atoms with E-state index in [0.29, 0.717) is 5.76 Å². The lowest BCUT2D eigenvalue weighted by Crippen LogP contribution is -2.46. The largest absolute Gasteiger partial charge is 0.469 e. The Morgan fingerprint density at radius 1 is 1.32 bits per heavy atom. The van der Waals surface area contributed by atoms with Gasteiger partial charge in [-0.2, -0.15) is 0 Å². The van der Waals surface area contributed by atoms with Gasteiger partial charge >= 0.3 is 5.97 Å². The Kier molecular flexibility index (Phi) is 5.73. The van der Waals surface area contributed by atoms with Gasteiger partial charge in [0.05, 0.1) is 12.8 Å². The van der Waals surface area contributed by atoms with Crippen molar-refractivity contribution in [2.45, 2.75) is 33.2 Å². The van der Waals surface area contributed by atoms with Crippen LogP contribution in [0, 0.1) is 6.92 Å². The first kappa shape index (κ1) is 17.7. The van der Waals surface area contributed by atoms with Crippen molar-refractivity contribution in [1.29, 1.82) is 0 Å². The van der Waals surface area contributed by atoms with E-state index in [4.69, 9.17) is 9.15 Å². The van der Waals surface area contributed by atoms with Crippen molar-refractivity contribution in [2.75, 3.05) is 20.2 Å². The van der Waals surface area contributed by atoms with Gasteiger partial charge in [0.1, 0.15) is 11.3 Å². The van der Waals surface area contributed by atoms with Crippen molar-refractivity contribution in [3.05, 3.63) is 23.7 Å². The van der Waals surface area contributed by atoms with Crippen molar-refractivity contribution in [3.8, 4) is 0 Å². The van der Waals surface area contributed by atoms with E-state index in [2.05, 4.69) is 5.32 Å². The van der Waals surface area contributed by atoms with E-state index >= 15 is 0 Å². The lowest BCUT2D eigenvalue weighted by atomic mass is 10.1. The molecule has 122 valence electrons. The smallest absolute Gasteiger partial charge is 0.342 e. The summed E-state index contributed by atoms with van der Waals surface area (Å²) in [6.45, 7) is 6.65. The Morgan fingerprint density at radius 2 is 1.95 bits per heavy atom. The number of furan rings is 1. The van der Waals surface area contributed by atoms with Crippen LogP contribution in [0.3, 0.4) is 0 Å². The van der Waals surface area contributed by atoms with E-state index in [1.165, 1.54) is 24.3 Å². The normalized spacial score (nSPS) is 11.0. The second-order valence-corrected chi connectivity index (χ2v) is 6.01. The van der Waals surface area contributed by atoms with Crippen molar-refractivity contribution >= 4 is 17.8 Å². The molecule has 7 nitrogen and oxygen atoms in total. The number of amides is 2. The van der Waals surface area contributed by atoms with Crippen molar-refractivity contribution in [2.24, 2.45) is 0 Å². The number of carbonyl (C=O) groups is 3. The average molecular weight is 310 g/mol. The number of ether oxygens (including phenoxy) is 1. The van der Waals surface area contributed by atoms with Crippen LogP contribution in [-0.4, -0.2) is 48.4 Å². The van der Waals surface area contributed by atoms with E-state index in [0.717, 1.165) is 0 Å². The maximum Gasteiger partial charge on any atom is 0.342 e. The third kappa shape index (κ3) is 5.59. The van der Waals surface area contributed by atoms with Gasteiger partial charge in [0.15, 0.2) is 6.61 Å². The molecule has 0 fully saturated rings. The van der Waals surface area contributed by atoms with Gasteiger partial charge in [-0.05, 0) is 33.8 Å². The third-order valence-corrected chi connectivity index (χ3v) is 2.73. The van der Waals surface area contributed by atoms with Crippen LogP contribution in [0.1, 0.15) is 36.9 Å². The van der Waals surface area contributed by atoms with Crippen molar-refractivity contribution in [1.82, 2.24) is 10.2 Å². The Morgan fingerprint density at radius 3 is 2.45 bits per heavy atom. The second-order valence-electron chi connectivity index (χ2n) is 6.01. The first-order valence-corrected chi connectivity index (χ1v) is 6.86. The van der Waals surface area contributed by atoms with Crippen LogP contribution in [0.5, 0.6) is 0 Å². The number of rotatable bonds is 5. The van der Waals surface area contributed by atoms with Gasteiger partial charge in [-0.15, -0.1) is 0 Å². The molecule has 1 rings (SSSR count). The number of hydrogen-bond donors (Lipinski definition) is 1. The van der Waals surface area contributed by atoms with Gasteiger partial charge in [0.2, 0.25) is 5.91 Å². The highest BCUT2D eigenvalue weighted by molar-refractivity contribution is 5.92. The lowest BCUT2D eigenvalue weighted by molar-refractivity contribution is -0.137. The molecule has 0 radical (unpaired) electrons. The topological polar surface area (TPSA) is 88.8 Å². The first-order valence-electron chi connectivity index (χ1n) is 6.86. The van der Waals surface area contributed by atoms with Crippen LogP contribution < -0.4 is 5.32 Å². The first-order chi connectivity index (χ1) is 10.1. The van der Waals surface area contributed by atoms with Gasteiger partial charge in [-0.3, -0.25) is 9.59 Å². The summed E-state index contributed by atoms with van der Waals surface area (Å²) in [7, 11) is 1.47. The van der Waals surface area contributed by atoms with E-state index in [-0.39, 0.29) is 23.6 Å².